The minimum Gasteiger partial charge on any atom is -0.508 e. The lowest BCUT2D eigenvalue weighted by atomic mass is 9.56. The first-order valence-electron chi connectivity index (χ1n) is 11.5. The van der Waals surface area contributed by atoms with Crippen LogP contribution in [-0.2, 0) is 10.2 Å². The van der Waals surface area contributed by atoms with Crippen LogP contribution in [0.4, 0.5) is 0 Å². The number of piperidine rings is 1. The Balaban J connectivity index is 1.70. The SMILES string of the molecule is C=CCN1CC[C@@]2(c3cccc(O)c3)C[C@H](N(C)C(=O)c3ccccc3)CC(OC)[C@@H]2C1. The van der Waals surface area contributed by atoms with Crippen molar-refractivity contribution in [1.29, 1.82) is 0 Å². The van der Waals surface area contributed by atoms with Crippen molar-refractivity contribution in [1.82, 2.24) is 9.80 Å². The second-order valence-corrected chi connectivity index (χ2v) is 9.26. The molecule has 0 aromatic heterocycles. The summed E-state index contributed by atoms with van der Waals surface area (Å²) in [5, 5.41) is 10.3. The Morgan fingerprint density at radius 3 is 2.75 bits per heavy atom. The van der Waals surface area contributed by atoms with E-state index >= 15 is 0 Å². The van der Waals surface area contributed by atoms with E-state index in [0.29, 0.717) is 5.56 Å². The molecule has 32 heavy (non-hydrogen) atoms. The molecule has 4 atom stereocenters. The van der Waals surface area contributed by atoms with Crippen LogP contribution in [0.3, 0.4) is 0 Å². The molecule has 2 aliphatic rings. The molecule has 5 heteroatoms. The molecule has 170 valence electrons. The van der Waals surface area contributed by atoms with E-state index in [-0.39, 0.29) is 35.1 Å². The predicted octanol–water partition coefficient (Wildman–Crippen LogP) is 4.09. The third-order valence-electron chi connectivity index (χ3n) is 7.59. The van der Waals surface area contributed by atoms with Gasteiger partial charge in [-0.3, -0.25) is 9.69 Å². The molecule has 0 spiro atoms. The van der Waals surface area contributed by atoms with Gasteiger partial charge < -0.3 is 14.7 Å². The van der Waals surface area contributed by atoms with Crippen molar-refractivity contribution in [3.8, 4) is 5.75 Å². The number of amides is 1. The fourth-order valence-electron chi connectivity index (χ4n) is 5.90. The van der Waals surface area contributed by atoms with Crippen LogP contribution in [0.2, 0.25) is 0 Å². The first-order valence-corrected chi connectivity index (χ1v) is 11.5. The molecular weight excluding hydrogens is 400 g/mol. The molecule has 1 saturated heterocycles. The lowest BCUT2D eigenvalue weighted by molar-refractivity contribution is -0.0772. The topological polar surface area (TPSA) is 53.0 Å². The van der Waals surface area contributed by atoms with Crippen molar-refractivity contribution < 1.29 is 14.6 Å². The van der Waals surface area contributed by atoms with Crippen molar-refractivity contribution in [2.24, 2.45) is 5.92 Å². The quantitative estimate of drug-likeness (QED) is 0.696. The third-order valence-corrected chi connectivity index (χ3v) is 7.59. The van der Waals surface area contributed by atoms with E-state index in [9.17, 15) is 9.90 Å². The van der Waals surface area contributed by atoms with Gasteiger partial charge in [0.25, 0.3) is 5.91 Å². The number of ether oxygens (including phenoxy) is 1. The second kappa shape index (κ2) is 9.47. The summed E-state index contributed by atoms with van der Waals surface area (Å²) in [6, 6.07) is 17.2. The highest BCUT2D eigenvalue weighted by molar-refractivity contribution is 5.94. The van der Waals surface area contributed by atoms with Gasteiger partial charge >= 0.3 is 0 Å². The third kappa shape index (κ3) is 4.19. The predicted molar refractivity (Wildman–Crippen MR) is 127 cm³/mol. The number of carbonyl (C=O) groups excluding carboxylic acids is 1. The van der Waals surface area contributed by atoms with Gasteiger partial charge in [-0.15, -0.1) is 6.58 Å². The van der Waals surface area contributed by atoms with E-state index in [4.69, 9.17) is 4.74 Å². The fourth-order valence-corrected chi connectivity index (χ4v) is 5.90. The van der Waals surface area contributed by atoms with Crippen LogP contribution in [0.25, 0.3) is 0 Å². The average molecular weight is 435 g/mol. The summed E-state index contributed by atoms with van der Waals surface area (Å²) in [5.41, 5.74) is 1.69. The normalized spacial score (nSPS) is 28.0. The van der Waals surface area contributed by atoms with Gasteiger partial charge in [0.05, 0.1) is 6.10 Å². The molecule has 1 amide bonds. The number of methoxy groups -OCH3 is 1. The Hall–Kier alpha value is -2.63. The van der Waals surface area contributed by atoms with Crippen LogP contribution in [0.5, 0.6) is 5.75 Å². The summed E-state index contributed by atoms with van der Waals surface area (Å²) < 4.78 is 6.08. The van der Waals surface area contributed by atoms with Gasteiger partial charge in [-0.2, -0.15) is 0 Å². The van der Waals surface area contributed by atoms with Gasteiger partial charge in [0, 0.05) is 50.2 Å². The molecule has 2 aromatic rings. The molecule has 5 nitrogen and oxygen atoms in total. The summed E-state index contributed by atoms with van der Waals surface area (Å²) in [4.78, 5) is 17.6. The first kappa shape index (κ1) is 22.6. The number of hydrogen-bond donors (Lipinski definition) is 1. The van der Waals surface area contributed by atoms with Crippen LogP contribution in [0.15, 0.2) is 67.3 Å². The molecule has 2 aromatic carbocycles. The van der Waals surface area contributed by atoms with Gasteiger partial charge in [-0.05, 0) is 55.6 Å². The van der Waals surface area contributed by atoms with Crippen LogP contribution in [0.1, 0.15) is 35.2 Å². The Labute approximate surface area is 191 Å². The summed E-state index contributed by atoms with van der Waals surface area (Å²) in [6.45, 7) is 6.65. The molecule has 2 fully saturated rings. The van der Waals surface area contributed by atoms with Gasteiger partial charge in [-0.1, -0.05) is 36.4 Å². The van der Waals surface area contributed by atoms with Crippen LogP contribution >= 0.6 is 0 Å². The van der Waals surface area contributed by atoms with Crippen molar-refractivity contribution in [2.75, 3.05) is 33.8 Å². The maximum absolute atomic E-state index is 13.3. The van der Waals surface area contributed by atoms with Crippen molar-refractivity contribution in [2.45, 2.75) is 36.8 Å². The average Bonchev–Trinajstić information content (AvgIpc) is 2.83. The molecule has 0 bridgehead atoms. The number of rotatable bonds is 6. The molecule has 1 aliphatic carbocycles. The first-order chi connectivity index (χ1) is 15.5. The minimum absolute atomic E-state index is 0.0229. The smallest absolute Gasteiger partial charge is 0.253 e. The maximum atomic E-state index is 13.3. The minimum atomic E-state index is -0.161. The molecule has 1 aliphatic heterocycles. The number of carbonyl (C=O) groups is 1. The lowest BCUT2D eigenvalue weighted by Gasteiger charge is -2.56. The Bertz CT molecular complexity index is 947. The number of benzene rings is 2. The van der Waals surface area contributed by atoms with Gasteiger partial charge in [0.15, 0.2) is 0 Å². The highest BCUT2D eigenvalue weighted by atomic mass is 16.5. The second-order valence-electron chi connectivity index (χ2n) is 9.26. The summed E-state index contributed by atoms with van der Waals surface area (Å²) in [5.74, 6) is 0.604. The van der Waals surface area contributed by atoms with Crippen LogP contribution in [0, 0.1) is 5.92 Å². The number of phenols is 1. The largest absolute Gasteiger partial charge is 0.508 e. The number of hydrogen-bond acceptors (Lipinski definition) is 4. The van der Waals surface area contributed by atoms with E-state index in [1.807, 2.05) is 60.5 Å². The monoisotopic (exact) mass is 434 g/mol. The standard InChI is InChI=1S/C27H34N2O3/c1-4-14-29-15-13-27(21-11-8-12-23(30)16-21)18-22(17-25(32-3)24(27)19-29)28(2)26(31)20-9-6-5-7-10-20/h4-12,16,22,24-25,30H,1,13-15,17-19H2,2-3H3/t22-,24+,25?,27+/m1/s1. The molecule has 1 heterocycles. The summed E-state index contributed by atoms with van der Waals surface area (Å²) in [6.07, 6.45) is 4.60. The Morgan fingerprint density at radius 1 is 1.28 bits per heavy atom. The lowest BCUT2D eigenvalue weighted by Crippen LogP contribution is -2.61. The van der Waals surface area contributed by atoms with Gasteiger partial charge in [0.2, 0.25) is 0 Å². The maximum Gasteiger partial charge on any atom is 0.253 e. The zero-order valence-corrected chi connectivity index (χ0v) is 19.1. The van der Waals surface area contributed by atoms with Crippen molar-refractivity contribution in [3.63, 3.8) is 0 Å². The van der Waals surface area contributed by atoms with Crippen LogP contribution < -0.4 is 0 Å². The zero-order valence-electron chi connectivity index (χ0n) is 19.1. The van der Waals surface area contributed by atoms with Crippen molar-refractivity contribution in [3.05, 3.63) is 78.4 Å². The molecule has 1 unspecified atom stereocenters. The highest BCUT2D eigenvalue weighted by Crippen LogP contribution is 2.51. The highest BCUT2D eigenvalue weighted by Gasteiger charge is 2.53. The van der Waals surface area contributed by atoms with E-state index in [0.717, 1.165) is 44.5 Å². The van der Waals surface area contributed by atoms with E-state index in [1.165, 1.54) is 0 Å². The number of phenolic OH excluding ortho intramolecular Hbond substituents is 1. The summed E-state index contributed by atoms with van der Waals surface area (Å²) in [7, 11) is 3.70. The number of nitrogens with zero attached hydrogens (tertiary/aromatic N) is 2. The number of fused-ring (bicyclic) bond motifs is 1. The van der Waals surface area contributed by atoms with Crippen molar-refractivity contribution >= 4 is 5.91 Å². The summed E-state index contributed by atoms with van der Waals surface area (Å²) >= 11 is 0. The molecular formula is C27H34N2O3. The zero-order chi connectivity index (χ0) is 22.7. The van der Waals surface area contributed by atoms with E-state index in [2.05, 4.69) is 17.5 Å². The van der Waals surface area contributed by atoms with E-state index in [1.54, 1.807) is 13.2 Å². The molecule has 0 radical (unpaired) electrons. The van der Waals surface area contributed by atoms with E-state index < -0.39 is 0 Å². The van der Waals surface area contributed by atoms with Gasteiger partial charge in [-0.25, -0.2) is 0 Å². The molecule has 4 rings (SSSR count). The Kier molecular flexibility index (Phi) is 6.68. The number of aromatic hydroxyl groups is 1. The van der Waals surface area contributed by atoms with Gasteiger partial charge in [0.1, 0.15) is 5.75 Å². The number of likely N-dealkylation sites (tertiary alicyclic amines) is 1. The van der Waals surface area contributed by atoms with Crippen LogP contribution in [-0.4, -0.2) is 66.8 Å². The molecule has 1 saturated carbocycles. The molecule has 1 N–H and O–H groups in total. The Morgan fingerprint density at radius 2 is 2.06 bits per heavy atom. The fraction of sp³-hybridized carbons (Fsp3) is 0.444.